The van der Waals surface area contributed by atoms with E-state index in [-0.39, 0.29) is 0 Å². The summed E-state index contributed by atoms with van der Waals surface area (Å²) in [6.45, 7) is 0. The van der Waals surface area contributed by atoms with Gasteiger partial charge in [-0.3, -0.25) is 4.72 Å². The van der Waals surface area contributed by atoms with Crippen LogP contribution < -0.4 is 4.72 Å². The number of benzene rings is 2. The summed E-state index contributed by atoms with van der Waals surface area (Å²) in [5.74, 6) is 0.717. The van der Waals surface area contributed by atoms with Crippen molar-refractivity contribution < 1.29 is 12.9 Å². The van der Waals surface area contributed by atoms with Gasteiger partial charge < -0.3 is 4.52 Å². The van der Waals surface area contributed by atoms with Gasteiger partial charge in [0.2, 0.25) is 15.8 Å². The largest absolute Gasteiger partial charge is 0.334 e. The fraction of sp³-hybridized carbons (Fsp3) is 0.0667. The Morgan fingerprint density at radius 1 is 1.09 bits per heavy atom. The summed E-state index contributed by atoms with van der Waals surface area (Å²) < 4.78 is 30.0. The second-order valence-electron chi connectivity index (χ2n) is 4.85. The molecule has 1 N–H and O–H groups in total. The van der Waals surface area contributed by atoms with Gasteiger partial charge in [0.05, 0.1) is 11.3 Å². The van der Waals surface area contributed by atoms with Crippen molar-refractivity contribution in [3.05, 3.63) is 53.6 Å². The molecule has 2 aromatic carbocycles. The Morgan fingerprint density at radius 2 is 1.78 bits per heavy atom. The molecule has 8 heteroatoms. The lowest BCUT2D eigenvalue weighted by Crippen LogP contribution is -2.09. The van der Waals surface area contributed by atoms with Gasteiger partial charge in [0, 0.05) is 16.8 Å². The molecule has 0 spiro atoms. The van der Waals surface area contributed by atoms with Gasteiger partial charge in [-0.25, -0.2) is 8.42 Å². The summed E-state index contributed by atoms with van der Waals surface area (Å²) in [6.07, 6.45) is 1.09. The highest BCUT2D eigenvalue weighted by atomic mass is 35.5. The maximum Gasteiger partial charge on any atom is 0.258 e. The van der Waals surface area contributed by atoms with Gasteiger partial charge in [0.25, 0.3) is 5.89 Å². The third-order valence-corrected chi connectivity index (χ3v) is 3.91. The first-order valence-electron chi connectivity index (χ1n) is 6.59. The molecule has 3 rings (SSSR count). The van der Waals surface area contributed by atoms with Crippen LogP contribution in [0.2, 0.25) is 5.02 Å². The van der Waals surface area contributed by atoms with Crippen LogP contribution in [-0.2, 0) is 10.0 Å². The Kier molecular flexibility index (Phi) is 4.06. The SMILES string of the molecule is CS(=O)(=O)Nc1ccc(-c2nc(-c3ccccc3Cl)no2)cc1. The van der Waals surface area contributed by atoms with Crippen LogP contribution in [0.25, 0.3) is 22.8 Å². The van der Waals surface area contributed by atoms with E-state index in [1.54, 1.807) is 36.4 Å². The molecule has 1 heterocycles. The molecule has 1 aromatic heterocycles. The van der Waals surface area contributed by atoms with Crippen molar-refractivity contribution in [3.8, 4) is 22.8 Å². The number of aromatic nitrogens is 2. The molecule has 0 fully saturated rings. The molecule has 0 aliphatic carbocycles. The summed E-state index contributed by atoms with van der Waals surface area (Å²) >= 11 is 6.11. The molecule has 0 atom stereocenters. The lowest BCUT2D eigenvalue weighted by Gasteiger charge is -2.03. The minimum atomic E-state index is -3.31. The zero-order valence-corrected chi connectivity index (χ0v) is 13.6. The smallest absolute Gasteiger partial charge is 0.258 e. The highest BCUT2D eigenvalue weighted by Crippen LogP contribution is 2.28. The van der Waals surface area contributed by atoms with Crippen LogP contribution in [0.1, 0.15) is 0 Å². The summed E-state index contributed by atoms with van der Waals surface area (Å²) in [7, 11) is -3.31. The van der Waals surface area contributed by atoms with Crippen LogP contribution in [0.5, 0.6) is 0 Å². The molecule has 0 unspecified atom stereocenters. The maximum atomic E-state index is 11.2. The maximum absolute atomic E-state index is 11.2. The van der Waals surface area contributed by atoms with E-state index in [1.165, 1.54) is 0 Å². The minimum Gasteiger partial charge on any atom is -0.334 e. The molecule has 23 heavy (non-hydrogen) atoms. The van der Waals surface area contributed by atoms with Gasteiger partial charge in [-0.2, -0.15) is 4.98 Å². The Bertz CT molecular complexity index is 937. The Hall–Kier alpha value is -2.38. The predicted octanol–water partition coefficient (Wildman–Crippen LogP) is 3.43. The average molecular weight is 350 g/mol. The molecule has 0 saturated heterocycles. The summed E-state index contributed by atoms with van der Waals surface area (Å²) in [4.78, 5) is 4.31. The molecular weight excluding hydrogens is 338 g/mol. The molecule has 0 bridgehead atoms. The number of sulfonamides is 1. The second-order valence-corrected chi connectivity index (χ2v) is 7.01. The predicted molar refractivity (Wildman–Crippen MR) is 88.6 cm³/mol. The fourth-order valence-corrected chi connectivity index (χ4v) is 2.77. The zero-order valence-electron chi connectivity index (χ0n) is 12.0. The van der Waals surface area contributed by atoms with Crippen molar-refractivity contribution >= 4 is 27.3 Å². The van der Waals surface area contributed by atoms with Gasteiger partial charge in [0.1, 0.15) is 0 Å². The number of hydrogen-bond donors (Lipinski definition) is 1. The third-order valence-electron chi connectivity index (χ3n) is 2.98. The highest BCUT2D eigenvalue weighted by Gasteiger charge is 2.13. The lowest BCUT2D eigenvalue weighted by atomic mass is 10.2. The van der Waals surface area contributed by atoms with E-state index in [1.807, 2.05) is 12.1 Å². The van der Waals surface area contributed by atoms with Crippen molar-refractivity contribution in [3.63, 3.8) is 0 Å². The highest BCUT2D eigenvalue weighted by molar-refractivity contribution is 7.92. The monoisotopic (exact) mass is 349 g/mol. The quantitative estimate of drug-likeness (QED) is 0.780. The third kappa shape index (κ3) is 3.69. The van der Waals surface area contributed by atoms with E-state index < -0.39 is 10.0 Å². The molecular formula is C15H12ClN3O3S. The first kappa shape index (κ1) is 15.5. The molecule has 0 aliphatic heterocycles. The summed E-state index contributed by atoms with van der Waals surface area (Å²) in [5.41, 5.74) is 1.82. The van der Waals surface area contributed by atoms with Crippen LogP contribution in [0.3, 0.4) is 0 Å². The van der Waals surface area contributed by atoms with E-state index in [2.05, 4.69) is 14.9 Å². The number of rotatable bonds is 4. The van der Waals surface area contributed by atoms with E-state index in [4.69, 9.17) is 16.1 Å². The van der Waals surface area contributed by atoms with Crippen molar-refractivity contribution in [2.75, 3.05) is 11.0 Å². The van der Waals surface area contributed by atoms with Crippen molar-refractivity contribution in [1.29, 1.82) is 0 Å². The number of anilines is 1. The summed E-state index contributed by atoms with van der Waals surface area (Å²) in [5, 5.41) is 4.46. The van der Waals surface area contributed by atoms with Crippen LogP contribution in [-0.4, -0.2) is 24.8 Å². The van der Waals surface area contributed by atoms with E-state index in [0.29, 0.717) is 33.6 Å². The van der Waals surface area contributed by atoms with Crippen LogP contribution >= 0.6 is 11.6 Å². The number of nitrogens with zero attached hydrogens (tertiary/aromatic N) is 2. The fourth-order valence-electron chi connectivity index (χ4n) is 1.99. The Morgan fingerprint density at radius 3 is 2.43 bits per heavy atom. The van der Waals surface area contributed by atoms with Gasteiger partial charge in [0.15, 0.2) is 0 Å². The molecule has 0 amide bonds. The lowest BCUT2D eigenvalue weighted by molar-refractivity contribution is 0.432. The number of halogens is 1. The Balaban J connectivity index is 1.88. The van der Waals surface area contributed by atoms with Crippen LogP contribution in [0, 0.1) is 0 Å². The molecule has 6 nitrogen and oxygen atoms in total. The Labute approximate surface area is 138 Å². The minimum absolute atomic E-state index is 0.325. The number of nitrogens with one attached hydrogen (secondary N) is 1. The first-order chi connectivity index (χ1) is 10.9. The normalized spacial score (nSPS) is 11.4. The molecule has 118 valence electrons. The molecule has 0 radical (unpaired) electrons. The van der Waals surface area contributed by atoms with Crippen molar-refractivity contribution in [2.24, 2.45) is 0 Å². The molecule has 0 saturated carbocycles. The van der Waals surface area contributed by atoms with E-state index >= 15 is 0 Å². The molecule has 0 aliphatic rings. The van der Waals surface area contributed by atoms with Crippen molar-refractivity contribution in [2.45, 2.75) is 0 Å². The van der Waals surface area contributed by atoms with E-state index in [0.717, 1.165) is 6.26 Å². The van der Waals surface area contributed by atoms with Gasteiger partial charge in [-0.05, 0) is 36.4 Å². The van der Waals surface area contributed by atoms with Gasteiger partial charge in [-0.15, -0.1) is 0 Å². The second kappa shape index (κ2) is 6.02. The van der Waals surface area contributed by atoms with Crippen LogP contribution in [0.15, 0.2) is 53.1 Å². The first-order valence-corrected chi connectivity index (χ1v) is 8.86. The van der Waals surface area contributed by atoms with Crippen molar-refractivity contribution in [1.82, 2.24) is 10.1 Å². The molecule has 3 aromatic rings. The topological polar surface area (TPSA) is 85.1 Å². The average Bonchev–Trinajstić information content (AvgIpc) is 2.96. The van der Waals surface area contributed by atoms with Gasteiger partial charge in [-0.1, -0.05) is 28.9 Å². The number of hydrogen-bond acceptors (Lipinski definition) is 5. The van der Waals surface area contributed by atoms with E-state index in [9.17, 15) is 8.42 Å². The van der Waals surface area contributed by atoms with Gasteiger partial charge >= 0.3 is 0 Å². The van der Waals surface area contributed by atoms with Crippen LogP contribution in [0.4, 0.5) is 5.69 Å². The summed E-state index contributed by atoms with van der Waals surface area (Å²) in [6, 6.07) is 13.8. The zero-order chi connectivity index (χ0) is 16.4. The standard InChI is InChI=1S/C15H12ClN3O3S/c1-23(20,21)19-11-8-6-10(7-9-11)15-17-14(18-22-15)12-4-2-3-5-13(12)16/h2-9,19H,1H3.